The normalized spacial score (nSPS) is 14.4. The fourth-order valence-electron chi connectivity index (χ4n) is 2.35. The van der Waals surface area contributed by atoms with E-state index >= 15 is 0 Å². The number of benzene rings is 1. The van der Waals surface area contributed by atoms with Crippen LogP contribution < -0.4 is 5.32 Å². The van der Waals surface area contributed by atoms with Crippen molar-refractivity contribution in [2.24, 2.45) is 0 Å². The van der Waals surface area contributed by atoms with E-state index in [1.807, 2.05) is 12.1 Å². The molecule has 0 saturated carbocycles. The topological polar surface area (TPSA) is 25.2 Å². The van der Waals surface area contributed by atoms with Crippen molar-refractivity contribution in [2.75, 3.05) is 0 Å². The van der Waals surface area contributed by atoms with E-state index in [-0.39, 0.29) is 6.04 Å². The van der Waals surface area contributed by atoms with Crippen LogP contribution in [0.1, 0.15) is 49.2 Å². The van der Waals surface area contributed by atoms with Crippen molar-refractivity contribution in [3.05, 3.63) is 59.5 Å². The van der Waals surface area contributed by atoms with E-state index in [0.717, 1.165) is 12.2 Å². The molecule has 2 aromatic rings. The van der Waals surface area contributed by atoms with Gasteiger partial charge in [-0.3, -0.25) is 0 Å². The van der Waals surface area contributed by atoms with Crippen LogP contribution in [-0.4, -0.2) is 0 Å². The highest BCUT2D eigenvalue weighted by molar-refractivity contribution is 5.28. The molecular weight excluding hydrogens is 222 g/mol. The van der Waals surface area contributed by atoms with Crippen molar-refractivity contribution in [3.63, 3.8) is 0 Å². The van der Waals surface area contributed by atoms with Gasteiger partial charge in [0.25, 0.3) is 0 Å². The number of hydrogen-bond acceptors (Lipinski definition) is 2. The Morgan fingerprint density at radius 1 is 1.17 bits per heavy atom. The second-order valence-electron chi connectivity index (χ2n) is 4.72. The highest BCUT2D eigenvalue weighted by Gasteiger charge is 2.16. The van der Waals surface area contributed by atoms with E-state index in [4.69, 9.17) is 4.42 Å². The summed E-state index contributed by atoms with van der Waals surface area (Å²) in [5.74, 6) is 1.01. The summed E-state index contributed by atoms with van der Waals surface area (Å²) in [6, 6.07) is 13.1. The van der Waals surface area contributed by atoms with E-state index in [0.29, 0.717) is 6.04 Å². The molecule has 96 valence electrons. The van der Waals surface area contributed by atoms with Crippen LogP contribution in [0.4, 0.5) is 0 Å². The van der Waals surface area contributed by atoms with E-state index in [1.165, 1.54) is 11.1 Å². The third-order valence-electron chi connectivity index (χ3n) is 3.40. The third-order valence-corrected chi connectivity index (χ3v) is 3.40. The summed E-state index contributed by atoms with van der Waals surface area (Å²) in [5.41, 5.74) is 2.68. The van der Waals surface area contributed by atoms with Gasteiger partial charge in [-0.2, -0.15) is 0 Å². The van der Waals surface area contributed by atoms with E-state index in [1.54, 1.807) is 6.26 Å². The monoisotopic (exact) mass is 243 g/mol. The molecule has 1 unspecified atom stereocenters. The van der Waals surface area contributed by atoms with E-state index in [2.05, 4.69) is 50.4 Å². The summed E-state index contributed by atoms with van der Waals surface area (Å²) in [6.07, 6.45) is 2.75. The van der Waals surface area contributed by atoms with Crippen molar-refractivity contribution >= 4 is 0 Å². The fourth-order valence-corrected chi connectivity index (χ4v) is 2.35. The summed E-state index contributed by atoms with van der Waals surface area (Å²) >= 11 is 0. The predicted octanol–water partition coefficient (Wildman–Crippen LogP) is 4.39. The number of hydrogen-bond donors (Lipinski definition) is 1. The summed E-state index contributed by atoms with van der Waals surface area (Å²) in [5, 5.41) is 3.63. The zero-order valence-electron chi connectivity index (χ0n) is 11.3. The van der Waals surface area contributed by atoms with Gasteiger partial charge in [0.2, 0.25) is 0 Å². The summed E-state index contributed by atoms with van der Waals surface area (Å²) < 4.78 is 5.49. The molecule has 1 aromatic carbocycles. The molecule has 1 aromatic heterocycles. The molecule has 0 aliphatic carbocycles. The molecule has 0 saturated heterocycles. The van der Waals surface area contributed by atoms with Crippen molar-refractivity contribution in [1.82, 2.24) is 5.32 Å². The van der Waals surface area contributed by atoms with Gasteiger partial charge < -0.3 is 9.73 Å². The van der Waals surface area contributed by atoms with Crippen molar-refractivity contribution < 1.29 is 4.42 Å². The Bertz CT molecular complexity index is 476. The number of nitrogens with one attached hydrogen (secondary N) is 1. The first-order valence-corrected chi connectivity index (χ1v) is 6.57. The molecule has 2 rings (SSSR count). The van der Waals surface area contributed by atoms with Crippen LogP contribution in [-0.2, 0) is 0 Å². The molecule has 2 heteroatoms. The average molecular weight is 243 g/mol. The van der Waals surface area contributed by atoms with Gasteiger partial charge in [0.05, 0.1) is 12.3 Å². The van der Waals surface area contributed by atoms with Crippen LogP contribution in [0.5, 0.6) is 0 Å². The van der Waals surface area contributed by atoms with Crippen molar-refractivity contribution in [1.29, 1.82) is 0 Å². The second-order valence-corrected chi connectivity index (χ2v) is 4.72. The minimum atomic E-state index is 0.273. The molecule has 2 nitrogen and oxygen atoms in total. The van der Waals surface area contributed by atoms with Gasteiger partial charge in [-0.05, 0) is 43.5 Å². The summed E-state index contributed by atoms with van der Waals surface area (Å²) in [6.45, 7) is 6.53. The van der Waals surface area contributed by atoms with Gasteiger partial charge in [-0.15, -0.1) is 0 Å². The summed E-state index contributed by atoms with van der Waals surface area (Å²) in [4.78, 5) is 0. The predicted molar refractivity (Wildman–Crippen MR) is 74.5 cm³/mol. The van der Waals surface area contributed by atoms with Crippen LogP contribution in [0, 0.1) is 6.92 Å². The van der Waals surface area contributed by atoms with Crippen molar-refractivity contribution in [2.45, 2.75) is 39.3 Å². The SMILES string of the molecule is CCC(N[C@H](C)c1ccccc1C)c1ccco1. The van der Waals surface area contributed by atoms with Crippen LogP contribution in [0.25, 0.3) is 0 Å². The van der Waals surface area contributed by atoms with Gasteiger partial charge in [0, 0.05) is 6.04 Å². The Labute approximate surface area is 109 Å². The maximum absolute atomic E-state index is 5.49. The molecule has 2 atom stereocenters. The Balaban J connectivity index is 2.11. The molecule has 18 heavy (non-hydrogen) atoms. The molecule has 1 N–H and O–H groups in total. The Morgan fingerprint density at radius 3 is 2.56 bits per heavy atom. The lowest BCUT2D eigenvalue weighted by atomic mass is 10.0. The molecule has 0 aliphatic rings. The molecule has 0 bridgehead atoms. The number of aryl methyl sites for hydroxylation is 1. The van der Waals surface area contributed by atoms with Gasteiger partial charge in [0.15, 0.2) is 0 Å². The highest BCUT2D eigenvalue weighted by Crippen LogP contribution is 2.23. The first kappa shape index (κ1) is 12.9. The van der Waals surface area contributed by atoms with E-state index in [9.17, 15) is 0 Å². The zero-order valence-corrected chi connectivity index (χ0v) is 11.3. The third kappa shape index (κ3) is 2.82. The van der Waals surface area contributed by atoms with Crippen LogP contribution in [0.15, 0.2) is 47.1 Å². The fraction of sp³-hybridized carbons (Fsp3) is 0.375. The first-order chi connectivity index (χ1) is 8.72. The zero-order chi connectivity index (χ0) is 13.0. The lowest BCUT2D eigenvalue weighted by Crippen LogP contribution is -2.24. The molecule has 0 fully saturated rings. The van der Waals surface area contributed by atoms with Crippen molar-refractivity contribution in [3.8, 4) is 0 Å². The van der Waals surface area contributed by atoms with Gasteiger partial charge >= 0.3 is 0 Å². The largest absolute Gasteiger partial charge is 0.468 e. The lowest BCUT2D eigenvalue weighted by Gasteiger charge is -2.22. The number of furan rings is 1. The quantitative estimate of drug-likeness (QED) is 0.842. The van der Waals surface area contributed by atoms with Crippen LogP contribution in [0.3, 0.4) is 0 Å². The minimum Gasteiger partial charge on any atom is -0.468 e. The second kappa shape index (κ2) is 5.87. The number of rotatable bonds is 5. The molecule has 0 spiro atoms. The van der Waals surface area contributed by atoms with Gasteiger partial charge in [-0.25, -0.2) is 0 Å². The van der Waals surface area contributed by atoms with Crippen LogP contribution >= 0.6 is 0 Å². The lowest BCUT2D eigenvalue weighted by molar-refractivity contribution is 0.376. The summed E-state index contributed by atoms with van der Waals surface area (Å²) in [7, 11) is 0. The highest BCUT2D eigenvalue weighted by atomic mass is 16.3. The Kier molecular flexibility index (Phi) is 4.21. The molecule has 0 aliphatic heterocycles. The molecular formula is C16H21NO. The first-order valence-electron chi connectivity index (χ1n) is 6.57. The standard InChI is InChI=1S/C16H21NO/c1-4-15(16-10-7-11-18-16)17-13(3)14-9-6-5-8-12(14)2/h5-11,13,15,17H,4H2,1-3H3/t13-,15?/m1/s1. The van der Waals surface area contributed by atoms with Crippen LogP contribution in [0.2, 0.25) is 0 Å². The molecule has 0 amide bonds. The smallest absolute Gasteiger partial charge is 0.120 e. The molecule has 1 heterocycles. The maximum atomic E-state index is 5.49. The molecule has 0 radical (unpaired) electrons. The minimum absolute atomic E-state index is 0.273. The average Bonchev–Trinajstić information content (AvgIpc) is 2.90. The van der Waals surface area contributed by atoms with Gasteiger partial charge in [0.1, 0.15) is 5.76 Å². The Morgan fingerprint density at radius 2 is 1.94 bits per heavy atom. The Hall–Kier alpha value is -1.54. The maximum Gasteiger partial charge on any atom is 0.120 e. The van der Waals surface area contributed by atoms with Gasteiger partial charge in [-0.1, -0.05) is 31.2 Å². The van der Waals surface area contributed by atoms with E-state index < -0.39 is 0 Å².